The molecule has 1 aromatic heterocycles. The van der Waals surface area contributed by atoms with Gasteiger partial charge in [-0.1, -0.05) is 37.3 Å². The van der Waals surface area contributed by atoms with Crippen LogP contribution in [0.1, 0.15) is 46.6 Å². The van der Waals surface area contributed by atoms with E-state index in [1.54, 1.807) is 19.1 Å². The molecular formula is C27H29NO5S. The first-order chi connectivity index (χ1) is 16.5. The van der Waals surface area contributed by atoms with Crippen molar-refractivity contribution < 1.29 is 23.8 Å². The Morgan fingerprint density at radius 1 is 1.03 bits per heavy atom. The van der Waals surface area contributed by atoms with E-state index in [-0.39, 0.29) is 18.5 Å². The molecule has 7 heteroatoms. The normalized spacial score (nSPS) is 14.7. The molecule has 178 valence electrons. The number of nitrogens with one attached hydrogen (secondary N) is 1. The van der Waals surface area contributed by atoms with Crippen LogP contribution >= 0.6 is 11.3 Å². The van der Waals surface area contributed by atoms with Crippen molar-refractivity contribution in [3.05, 3.63) is 76.2 Å². The molecule has 1 aliphatic rings. The molecule has 4 rings (SSSR count). The number of esters is 1. The van der Waals surface area contributed by atoms with Gasteiger partial charge in [0.2, 0.25) is 0 Å². The molecule has 0 saturated carbocycles. The van der Waals surface area contributed by atoms with E-state index < -0.39 is 0 Å². The molecule has 0 fully saturated rings. The monoisotopic (exact) mass is 479 g/mol. The topological polar surface area (TPSA) is 73.9 Å². The number of amides is 1. The summed E-state index contributed by atoms with van der Waals surface area (Å²) >= 11 is 1.47. The lowest BCUT2D eigenvalue weighted by molar-refractivity contribution is -0.118. The largest absolute Gasteiger partial charge is 0.489 e. The predicted molar refractivity (Wildman–Crippen MR) is 133 cm³/mol. The third kappa shape index (κ3) is 5.97. The Balaban J connectivity index is 1.34. The summed E-state index contributed by atoms with van der Waals surface area (Å²) in [6.07, 6.45) is 2.77. The van der Waals surface area contributed by atoms with Gasteiger partial charge in [-0.05, 0) is 67.5 Å². The molecule has 3 aromatic rings. The van der Waals surface area contributed by atoms with Crippen LogP contribution in [0.25, 0.3) is 0 Å². The maximum absolute atomic E-state index is 12.6. The first-order valence-electron chi connectivity index (χ1n) is 11.5. The Bertz CT molecular complexity index is 1120. The van der Waals surface area contributed by atoms with Gasteiger partial charge in [-0.25, -0.2) is 4.79 Å². The van der Waals surface area contributed by atoms with Gasteiger partial charge in [-0.3, -0.25) is 4.79 Å². The summed E-state index contributed by atoms with van der Waals surface area (Å²) in [7, 11) is 0. The Kier molecular flexibility index (Phi) is 7.85. The molecule has 0 aliphatic heterocycles. The predicted octanol–water partition coefficient (Wildman–Crippen LogP) is 5.65. The molecule has 34 heavy (non-hydrogen) atoms. The van der Waals surface area contributed by atoms with E-state index in [9.17, 15) is 9.59 Å². The van der Waals surface area contributed by atoms with Crippen LogP contribution in [0.3, 0.4) is 0 Å². The van der Waals surface area contributed by atoms with E-state index >= 15 is 0 Å². The van der Waals surface area contributed by atoms with Crippen LogP contribution in [0, 0.1) is 5.92 Å². The number of hydrogen-bond donors (Lipinski definition) is 1. The Hall–Kier alpha value is -3.32. The molecule has 1 aliphatic carbocycles. The average Bonchev–Trinajstić information content (AvgIpc) is 3.19. The second kappa shape index (κ2) is 11.2. The molecule has 0 spiro atoms. The quantitative estimate of drug-likeness (QED) is 0.402. The van der Waals surface area contributed by atoms with Gasteiger partial charge in [0.15, 0.2) is 6.61 Å². The fourth-order valence-electron chi connectivity index (χ4n) is 3.94. The zero-order valence-corrected chi connectivity index (χ0v) is 20.3. The molecule has 0 bridgehead atoms. The molecule has 1 heterocycles. The number of anilines is 1. The zero-order chi connectivity index (χ0) is 23.9. The SMILES string of the molecule is CCOC(=O)c1c(NC(=O)COc2ccc(OCc3ccccc3)cc2)sc2c1CC[C@H](C)C2. The second-order valence-electron chi connectivity index (χ2n) is 8.36. The van der Waals surface area contributed by atoms with Gasteiger partial charge in [-0.2, -0.15) is 0 Å². The van der Waals surface area contributed by atoms with E-state index in [1.165, 1.54) is 11.3 Å². The summed E-state index contributed by atoms with van der Waals surface area (Å²) in [6, 6.07) is 17.1. The summed E-state index contributed by atoms with van der Waals surface area (Å²) in [4.78, 5) is 26.4. The number of hydrogen-bond acceptors (Lipinski definition) is 6. The van der Waals surface area contributed by atoms with Gasteiger partial charge >= 0.3 is 5.97 Å². The first-order valence-corrected chi connectivity index (χ1v) is 12.4. The van der Waals surface area contributed by atoms with Crippen molar-refractivity contribution in [2.45, 2.75) is 39.7 Å². The minimum Gasteiger partial charge on any atom is -0.489 e. The maximum Gasteiger partial charge on any atom is 0.341 e. The summed E-state index contributed by atoms with van der Waals surface area (Å²) in [5.74, 6) is 1.15. The number of carbonyl (C=O) groups excluding carboxylic acids is 2. The lowest BCUT2D eigenvalue weighted by Crippen LogP contribution is -2.21. The third-order valence-corrected chi connectivity index (χ3v) is 6.86. The zero-order valence-electron chi connectivity index (χ0n) is 19.5. The van der Waals surface area contributed by atoms with E-state index in [0.717, 1.165) is 41.0 Å². The van der Waals surface area contributed by atoms with Crippen molar-refractivity contribution in [3.63, 3.8) is 0 Å². The van der Waals surface area contributed by atoms with Gasteiger partial charge in [0, 0.05) is 4.88 Å². The minimum absolute atomic E-state index is 0.161. The van der Waals surface area contributed by atoms with Crippen LogP contribution in [0.15, 0.2) is 54.6 Å². The van der Waals surface area contributed by atoms with Crippen molar-refractivity contribution in [1.29, 1.82) is 0 Å². The van der Waals surface area contributed by atoms with Crippen molar-refractivity contribution in [3.8, 4) is 11.5 Å². The van der Waals surface area contributed by atoms with Crippen molar-refractivity contribution >= 4 is 28.2 Å². The van der Waals surface area contributed by atoms with E-state index in [2.05, 4.69) is 12.2 Å². The molecule has 2 aromatic carbocycles. The van der Waals surface area contributed by atoms with Crippen LogP contribution in [0.2, 0.25) is 0 Å². The lowest BCUT2D eigenvalue weighted by Gasteiger charge is -2.18. The lowest BCUT2D eigenvalue weighted by atomic mass is 9.88. The summed E-state index contributed by atoms with van der Waals surface area (Å²) < 4.78 is 16.7. The fourth-order valence-corrected chi connectivity index (χ4v) is 5.36. The number of benzene rings is 2. The average molecular weight is 480 g/mol. The van der Waals surface area contributed by atoms with Crippen LogP contribution in [-0.2, 0) is 29.0 Å². The van der Waals surface area contributed by atoms with Gasteiger partial charge in [0.25, 0.3) is 5.91 Å². The number of rotatable bonds is 9. The summed E-state index contributed by atoms with van der Waals surface area (Å²) in [5, 5.41) is 3.42. The third-order valence-electron chi connectivity index (χ3n) is 5.69. The Labute approximate surface area is 203 Å². The van der Waals surface area contributed by atoms with Gasteiger partial charge in [-0.15, -0.1) is 11.3 Å². The van der Waals surface area contributed by atoms with Crippen molar-refractivity contribution in [1.82, 2.24) is 0 Å². The van der Waals surface area contributed by atoms with Gasteiger partial charge in [0.05, 0.1) is 12.2 Å². The Morgan fingerprint density at radius 2 is 1.74 bits per heavy atom. The van der Waals surface area contributed by atoms with Crippen LogP contribution in [0.5, 0.6) is 11.5 Å². The van der Waals surface area contributed by atoms with Gasteiger partial charge < -0.3 is 19.5 Å². The van der Waals surface area contributed by atoms with E-state index in [1.807, 2.05) is 42.5 Å². The molecule has 1 amide bonds. The molecule has 0 unspecified atom stereocenters. The number of carbonyl (C=O) groups is 2. The van der Waals surface area contributed by atoms with E-state index in [0.29, 0.717) is 35.4 Å². The molecule has 0 saturated heterocycles. The van der Waals surface area contributed by atoms with Crippen LogP contribution in [-0.4, -0.2) is 25.1 Å². The molecule has 0 radical (unpaired) electrons. The fraction of sp³-hybridized carbons (Fsp3) is 0.333. The molecule has 6 nitrogen and oxygen atoms in total. The highest BCUT2D eigenvalue weighted by atomic mass is 32.1. The van der Waals surface area contributed by atoms with Gasteiger partial charge in [0.1, 0.15) is 23.1 Å². The smallest absolute Gasteiger partial charge is 0.341 e. The first kappa shape index (κ1) is 23.8. The number of thiophene rings is 1. The summed E-state index contributed by atoms with van der Waals surface area (Å²) in [6.45, 7) is 4.60. The van der Waals surface area contributed by atoms with Crippen LogP contribution in [0.4, 0.5) is 5.00 Å². The standard InChI is InChI=1S/C27H29NO5S/c1-3-31-27(30)25-22-14-9-18(2)15-23(22)34-26(25)28-24(29)17-33-21-12-10-20(11-13-21)32-16-19-7-5-4-6-8-19/h4-8,10-13,18H,3,9,14-17H2,1-2H3,(H,28,29)/t18-/m0/s1. The van der Waals surface area contributed by atoms with Crippen molar-refractivity contribution in [2.75, 3.05) is 18.5 Å². The van der Waals surface area contributed by atoms with E-state index in [4.69, 9.17) is 14.2 Å². The molecular weight excluding hydrogens is 450 g/mol. The maximum atomic E-state index is 12.6. The van der Waals surface area contributed by atoms with Crippen LogP contribution < -0.4 is 14.8 Å². The Morgan fingerprint density at radius 3 is 2.44 bits per heavy atom. The minimum atomic E-state index is -0.378. The highest BCUT2D eigenvalue weighted by molar-refractivity contribution is 7.17. The highest BCUT2D eigenvalue weighted by Crippen LogP contribution is 2.40. The molecule has 1 atom stereocenters. The second-order valence-corrected chi connectivity index (χ2v) is 9.46. The number of fused-ring (bicyclic) bond motifs is 1. The molecule has 1 N–H and O–H groups in total. The van der Waals surface area contributed by atoms with Crippen molar-refractivity contribution in [2.24, 2.45) is 5.92 Å². The number of ether oxygens (including phenoxy) is 3. The highest BCUT2D eigenvalue weighted by Gasteiger charge is 2.29. The summed E-state index contributed by atoms with van der Waals surface area (Å²) in [5.41, 5.74) is 2.61.